The summed E-state index contributed by atoms with van der Waals surface area (Å²) in [6.07, 6.45) is 7.09. The Morgan fingerprint density at radius 2 is 2.29 bits per heavy atom. The van der Waals surface area contributed by atoms with Crippen LogP contribution in [-0.2, 0) is 6.54 Å². The van der Waals surface area contributed by atoms with Crippen LogP contribution in [0.15, 0.2) is 29.5 Å². The molecule has 0 amide bonds. The Kier molecular flexibility index (Phi) is 3.03. The lowest BCUT2D eigenvalue weighted by Gasteiger charge is -2.04. The summed E-state index contributed by atoms with van der Waals surface area (Å²) in [6, 6.07) is 3.87. The molecule has 4 nitrogen and oxygen atoms in total. The number of thiophene rings is 1. The first-order chi connectivity index (χ1) is 10.2. The van der Waals surface area contributed by atoms with Gasteiger partial charge in [-0.25, -0.2) is 9.97 Å². The van der Waals surface area contributed by atoms with Crippen LogP contribution in [0.3, 0.4) is 0 Å². The molecule has 0 saturated heterocycles. The second kappa shape index (κ2) is 4.91. The van der Waals surface area contributed by atoms with Gasteiger partial charge in [0.05, 0.1) is 11.8 Å². The van der Waals surface area contributed by atoms with Crippen molar-refractivity contribution in [3.05, 3.63) is 35.0 Å². The maximum Gasteiger partial charge on any atom is 0.271 e. The van der Waals surface area contributed by atoms with Gasteiger partial charge in [0, 0.05) is 18.1 Å². The number of aromatic nitrogens is 3. The molecular formula is C16H17N3OS. The van der Waals surface area contributed by atoms with Crippen LogP contribution in [0, 0.1) is 11.8 Å². The lowest BCUT2D eigenvalue weighted by molar-refractivity contribution is 0.548. The molecule has 3 aromatic rings. The number of pyridine rings is 1. The zero-order valence-corrected chi connectivity index (χ0v) is 12.8. The lowest BCUT2D eigenvalue weighted by Crippen LogP contribution is -2.19. The highest BCUT2D eigenvalue weighted by atomic mass is 32.1. The minimum atomic E-state index is 0.0758. The minimum Gasteiger partial charge on any atom is -0.298 e. The molecule has 0 bridgehead atoms. The molecule has 1 aliphatic rings. The average molecular weight is 299 g/mol. The molecule has 0 aliphatic heterocycles. The van der Waals surface area contributed by atoms with Crippen molar-refractivity contribution >= 4 is 31.8 Å². The summed E-state index contributed by atoms with van der Waals surface area (Å²) in [5.41, 5.74) is 0.868. The van der Waals surface area contributed by atoms with E-state index in [4.69, 9.17) is 0 Å². The summed E-state index contributed by atoms with van der Waals surface area (Å²) >= 11 is 1.45. The molecule has 0 radical (unpaired) electrons. The second-order valence-electron chi connectivity index (χ2n) is 5.99. The molecule has 21 heavy (non-hydrogen) atoms. The van der Waals surface area contributed by atoms with Gasteiger partial charge in [-0.1, -0.05) is 6.92 Å². The molecule has 108 valence electrons. The van der Waals surface area contributed by atoms with E-state index in [9.17, 15) is 4.79 Å². The molecule has 3 aromatic heterocycles. The number of aryl methyl sites for hydroxylation is 1. The van der Waals surface area contributed by atoms with Crippen molar-refractivity contribution in [2.45, 2.75) is 32.7 Å². The summed E-state index contributed by atoms with van der Waals surface area (Å²) in [7, 11) is 0. The maximum absolute atomic E-state index is 12.6. The van der Waals surface area contributed by atoms with Crippen molar-refractivity contribution < 1.29 is 0 Å². The van der Waals surface area contributed by atoms with Crippen LogP contribution < -0.4 is 5.56 Å². The number of nitrogens with zero attached hydrogens (tertiary/aromatic N) is 3. The first-order valence-electron chi connectivity index (χ1n) is 7.46. The molecule has 1 aliphatic carbocycles. The van der Waals surface area contributed by atoms with Crippen molar-refractivity contribution in [2.24, 2.45) is 11.8 Å². The third kappa shape index (κ3) is 2.25. The molecule has 0 N–H and O–H groups in total. The Bertz CT molecular complexity index is 867. The number of fused-ring (bicyclic) bond motifs is 3. The predicted octanol–water partition coefficient (Wildman–Crippen LogP) is 3.44. The van der Waals surface area contributed by atoms with E-state index < -0.39 is 0 Å². The first kappa shape index (κ1) is 13.0. The van der Waals surface area contributed by atoms with Crippen LogP contribution in [-0.4, -0.2) is 14.5 Å². The van der Waals surface area contributed by atoms with Gasteiger partial charge in [-0.05, 0) is 43.2 Å². The predicted molar refractivity (Wildman–Crippen MR) is 85.7 cm³/mol. The van der Waals surface area contributed by atoms with E-state index in [2.05, 4.69) is 16.9 Å². The van der Waals surface area contributed by atoms with Crippen LogP contribution in [0.25, 0.3) is 20.4 Å². The van der Waals surface area contributed by atoms with E-state index in [1.54, 1.807) is 17.1 Å². The molecule has 0 spiro atoms. The fourth-order valence-corrected chi connectivity index (χ4v) is 4.03. The highest BCUT2D eigenvalue weighted by Crippen LogP contribution is 2.41. The molecule has 3 heterocycles. The average Bonchev–Trinajstić information content (AvgIpc) is 3.06. The van der Waals surface area contributed by atoms with E-state index in [0.29, 0.717) is 0 Å². The summed E-state index contributed by atoms with van der Waals surface area (Å²) < 4.78 is 2.48. The van der Waals surface area contributed by atoms with Crippen LogP contribution in [0.4, 0.5) is 0 Å². The molecule has 2 unspecified atom stereocenters. The molecule has 5 heteroatoms. The van der Waals surface area contributed by atoms with Gasteiger partial charge in [0.2, 0.25) is 0 Å². The summed E-state index contributed by atoms with van der Waals surface area (Å²) in [5.74, 6) is 1.77. The second-order valence-corrected chi connectivity index (χ2v) is 6.99. The third-order valence-electron chi connectivity index (χ3n) is 4.47. The first-order valence-corrected chi connectivity index (χ1v) is 8.28. The number of hydrogen-bond donors (Lipinski definition) is 0. The Morgan fingerprint density at radius 3 is 3.10 bits per heavy atom. The molecule has 1 fully saturated rings. The van der Waals surface area contributed by atoms with Gasteiger partial charge in [-0.2, -0.15) is 0 Å². The summed E-state index contributed by atoms with van der Waals surface area (Å²) in [6.45, 7) is 3.07. The van der Waals surface area contributed by atoms with Crippen molar-refractivity contribution in [1.82, 2.24) is 14.5 Å². The van der Waals surface area contributed by atoms with E-state index >= 15 is 0 Å². The monoisotopic (exact) mass is 299 g/mol. The van der Waals surface area contributed by atoms with Gasteiger partial charge < -0.3 is 0 Å². The largest absolute Gasteiger partial charge is 0.298 e. The Hall–Kier alpha value is -1.75. The number of hydrogen-bond acceptors (Lipinski definition) is 4. The molecule has 0 aromatic carbocycles. The van der Waals surface area contributed by atoms with E-state index in [-0.39, 0.29) is 5.56 Å². The zero-order valence-electron chi connectivity index (χ0n) is 12.0. The molecule has 4 rings (SSSR count). The van der Waals surface area contributed by atoms with E-state index in [0.717, 1.165) is 45.2 Å². The van der Waals surface area contributed by atoms with Gasteiger partial charge in [-0.3, -0.25) is 9.36 Å². The Balaban J connectivity index is 1.66. The standard InChI is InChI=1S/C16H17N3OS/c1-10-8-11(10)4-3-7-19-9-18-13-12-5-2-6-17-15(12)21-14(13)16(19)20/h2,5-6,9-11H,3-4,7-8H2,1H3. The summed E-state index contributed by atoms with van der Waals surface area (Å²) in [4.78, 5) is 22.3. The normalized spacial score (nSPS) is 21.2. The summed E-state index contributed by atoms with van der Waals surface area (Å²) in [5, 5.41) is 0.980. The topological polar surface area (TPSA) is 47.8 Å². The quantitative estimate of drug-likeness (QED) is 0.741. The van der Waals surface area contributed by atoms with Gasteiger partial charge >= 0.3 is 0 Å². The van der Waals surface area contributed by atoms with Crippen molar-refractivity contribution in [3.63, 3.8) is 0 Å². The highest BCUT2D eigenvalue weighted by molar-refractivity contribution is 7.25. The third-order valence-corrected chi connectivity index (χ3v) is 5.56. The van der Waals surface area contributed by atoms with Crippen molar-refractivity contribution in [2.75, 3.05) is 0 Å². The van der Waals surface area contributed by atoms with Gasteiger partial charge in [0.15, 0.2) is 0 Å². The van der Waals surface area contributed by atoms with Crippen LogP contribution in [0.5, 0.6) is 0 Å². The maximum atomic E-state index is 12.6. The van der Waals surface area contributed by atoms with Crippen LogP contribution in [0.2, 0.25) is 0 Å². The molecule has 2 atom stereocenters. The Morgan fingerprint density at radius 1 is 1.43 bits per heavy atom. The van der Waals surface area contributed by atoms with Crippen LogP contribution >= 0.6 is 11.3 Å². The smallest absolute Gasteiger partial charge is 0.271 e. The lowest BCUT2D eigenvalue weighted by atomic mass is 10.2. The van der Waals surface area contributed by atoms with Gasteiger partial charge in [-0.15, -0.1) is 11.3 Å². The molecule has 1 saturated carbocycles. The van der Waals surface area contributed by atoms with Crippen molar-refractivity contribution in [3.8, 4) is 0 Å². The van der Waals surface area contributed by atoms with E-state index in [1.165, 1.54) is 24.2 Å². The number of rotatable bonds is 4. The zero-order chi connectivity index (χ0) is 14.4. The molecular weight excluding hydrogens is 282 g/mol. The van der Waals surface area contributed by atoms with Crippen LogP contribution in [0.1, 0.15) is 26.2 Å². The van der Waals surface area contributed by atoms with Gasteiger partial charge in [0.25, 0.3) is 5.56 Å². The van der Waals surface area contributed by atoms with Gasteiger partial charge in [0.1, 0.15) is 9.53 Å². The Labute approximate surface area is 126 Å². The highest BCUT2D eigenvalue weighted by Gasteiger charge is 2.31. The fraction of sp³-hybridized carbons (Fsp3) is 0.438. The fourth-order valence-electron chi connectivity index (χ4n) is 2.99. The van der Waals surface area contributed by atoms with Crippen molar-refractivity contribution in [1.29, 1.82) is 0 Å². The minimum absolute atomic E-state index is 0.0758. The SMILES string of the molecule is CC1CC1CCCn1cnc2c(sc3ncccc32)c1=O. The van der Waals surface area contributed by atoms with E-state index in [1.807, 2.05) is 12.1 Å².